The number of nitrogens with two attached hydrogens (primary N) is 1. The average Bonchev–Trinajstić information content (AvgIpc) is 2.93. The van der Waals surface area contributed by atoms with Gasteiger partial charge < -0.3 is 15.4 Å². The number of carbonyl (C=O) groups is 1. The first kappa shape index (κ1) is 12.4. The van der Waals surface area contributed by atoms with Gasteiger partial charge in [0.1, 0.15) is 0 Å². The Morgan fingerprint density at radius 3 is 2.56 bits per heavy atom. The molecule has 1 aliphatic carbocycles. The molecule has 2 saturated heterocycles. The smallest absolute Gasteiger partial charge is 0.242 e. The minimum absolute atomic E-state index is 0.166. The number of amides is 1. The maximum Gasteiger partial charge on any atom is 0.242 e. The second kappa shape index (κ2) is 4.79. The molecule has 3 rings (SSSR count). The number of ether oxygens (including phenoxy) is 1. The fourth-order valence-corrected chi connectivity index (χ4v) is 2.87. The van der Waals surface area contributed by atoms with E-state index >= 15 is 0 Å². The maximum absolute atomic E-state index is 12.1. The Morgan fingerprint density at radius 1 is 1.28 bits per heavy atom. The second-order valence-electron chi connectivity index (χ2n) is 5.88. The van der Waals surface area contributed by atoms with Crippen LogP contribution in [0.2, 0.25) is 0 Å². The van der Waals surface area contributed by atoms with Gasteiger partial charge >= 0.3 is 0 Å². The molecule has 3 aliphatic rings. The zero-order valence-electron chi connectivity index (χ0n) is 10.9. The first-order chi connectivity index (χ1) is 8.67. The van der Waals surface area contributed by atoms with Crippen molar-refractivity contribution < 1.29 is 9.53 Å². The first-order valence-electron chi connectivity index (χ1n) is 7.10. The zero-order valence-corrected chi connectivity index (χ0v) is 10.9. The lowest BCUT2D eigenvalue weighted by Gasteiger charge is -2.36. The van der Waals surface area contributed by atoms with E-state index in [-0.39, 0.29) is 5.91 Å². The third kappa shape index (κ3) is 2.53. The van der Waals surface area contributed by atoms with Gasteiger partial charge in [0.05, 0.1) is 11.6 Å². The summed E-state index contributed by atoms with van der Waals surface area (Å²) in [5, 5.41) is 0. The van der Waals surface area contributed by atoms with Gasteiger partial charge in [0.2, 0.25) is 5.91 Å². The molecular formula is C13H23N3O2. The van der Waals surface area contributed by atoms with Crippen LogP contribution in [-0.4, -0.2) is 66.7 Å². The van der Waals surface area contributed by atoms with Gasteiger partial charge in [0, 0.05) is 39.3 Å². The molecule has 2 heterocycles. The Hall–Kier alpha value is -0.650. The lowest BCUT2D eigenvalue weighted by Crippen LogP contribution is -2.55. The lowest BCUT2D eigenvalue weighted by atomic mass is 10.2. The Labute approximate surface area is 108 Å². The molecule has 1 unspecified atom stereocenters. The van der Waals surface area contributed by atoms with Gasteiger partial charge in [0.25, 0.3) is 0 Å². The van der Waals surface area contributed by atoms with Gasteiger partial charge in [-0.05, 0) is 25.7 Å². The van der Waals surface area contributed by atoms with Crippen LogP contribution in [0.25, 0.3) is 0 Å². The van der Waals surface area contributed by atoms with Crippen LogP contribution in [-0.2, 0) is 9.53 Å². The first-order valence-corrected chi connectivity index (χ1v) is 7.10. The van der Waals surface area contributed by atoms with Crippen LogP contribution in [0.3, 0.4) is 0 Å². The van der Waals surface area contributed by atoms with Crippen LogP contribution in [0.4, 0.5) is 0 Å². The summed E-state index contributed by atoms with van der Waals surface area (Å²) in [5.41, 5.74) is 5.46. The van der Waals surface area contributed by atoms with Crippen LogP contribution in [0.5, 0.6) is 0 Å². The summed E-state index contributed by atoms with van der Waals surface area (Å²) in [6.07, 6.45) is 4.52. The normalized spacial score (nSPS) is 31.6. The third-order valence-electron chi connectivity index (χ3n) is 4.36. The van der Waals surface area contributed by atoms with Crippen molar-refractivity contribution in [3.05, 3.63) is 0 Å². The van der Waals surface area contributed by atoms with Gasteiger partial charge in [-0.2, -0.15) is 0 Å². The largest absolute Gasteiger partial charge is 0.377 e. The Kier molecular flexibility index (Phi) is 3.30. The Balaban J connectivity index is 1.44. The fourth-order valence-electron chi connectivity index (χ4n) is 2.87. The van der Waals surface area contributed by atoms with Crippen molar-refractivity contribution in [2.45, 2.75) is 37.3 Å². The molecule has 18 heavy (non-hydrogen) atoms. The van der Waals surface area contributed by atoms with E-state index in [0.717, 1.165) is 52.2 Å². The molecule has 1 saturated carbocycles. The quantitative estimate of drug-likeness (QED) is 0.757. The minimum Gasteiger partial charge on any atom is -0.377 e. The summed E-state index contributed by atoms with van der Waals surface area (Å²) in [4.78, 5) is 16.4. The van der Waals surface area contributed by atoms with Gasteiger partial charge in [-0.1, -0.05) is 0 Å². The monoisotopic (exact) mass is 253 g/mol. The number of rotatable bonds is 3. The molecule has 0 bridgehead atoms. The summed E-state index contributed by atoms with van der Waals surface area (Å²) in [6.45, 7) is 5.51. The van der Waals surface area contributed by atoms with E-state index in [1.807, 2.05) is 4.90 Å². The molecule has 0 radical (unpaired) electrons. The highest BCUT2D eigenvalue weighted by atomic mass is 16.5. The van der Waals surface area contributed by atoms with E-state index in [9.17, 15) is 4.79 Å². The van der Waals surface area contributed by atoms with Crippen molar-refractivity contribution in [1.82, 2.24) is 9.80 Å². The molecule has 0 aromatic carbocycles. The number of carbonyl (C=O) groups excluding carboxylic acids is 1. The Bertz CT molecular complexity index is 316. The molecular weight excluding hydrogens is 230 g/mol. The predicted molar refractivity (Wildman–Crippen MR) is 68.1 cm³/mol. The number of hydrogen-bond acceptors (Lipinski definition) is 4. The van der Waals surface area contributed by atoms with E-state index < -0.39 is 5.54 Å². The van der Waals surface area contributed by atoms with Crippen molar-refractivity contribution in [2.24, 2.45) is 5.73 Å². The van der Waals surface area contributed by atoms with E-state index in [1.54, 1.807) is 0 Å². The maximum atomic E-state index is 12.1. The topological polar surface area (TPSA) is 58.8 Å². The standard InChI is InChI=1S/C13H23N3O2/c14-13(3-4-13)12(17)16-7-5-15(6-8-16)10-11-2-1-9-18-11/h11H,1-10,14H2. The van der Waals surface area contributed by atoms with E-state index in [0.29, 0.717) is 6.10 Å². The van der Waals surface area contributed by atoms with Crippen LogP contribution >= 0.6 is 0 Å². The molecule has 0 aromatic heterocycles. The third-order valence-corrected chi connectivity index (χ3v) is 4.36. The van der Waals surface area contributed by atoms with E-state index in [4.69, 9.17) is 10.5 Å². The fraction of sp³-hybridized carbons (Fsp3) is 0.923. The summed E-state index contributed by atoms with van der Waals surface area (Å²) < 4.78 is 5.65. The van der Waals surface area contributed by atoms with E-state index in [2.05, 4.69) is 4.90 Å². The van der Waals surface area contributed by atoms with Crippen LogP contribution in [0.1, 0.15) is 25.7 Å². The van der Waals surface area contributed by atoms with Crippen molar-refractivity contribution >= 4 is 5.91 Å². The predicted octanol–water partition coefficient (Wildman–Crippen LogP) is -0.199. The van der Waals surface area contributed by atoms with E-state index in [1.165, 1.54) is 12.8 Å². The SMILES string of the molecule is NC1(C(=O)N2CCN(CC3CCCO3)CC2)CC1. The summed E-state index contributed by atoms with van der Waals surface area (Å²) in [6, 6.07) is 0. The molecule has 1 atom stereocenters. The van der Waals surface area contributed by atoms with Gasteiger partial charge in [-0.15, -0.1) is 0 Å². The van der Waals surface area contributed by atoms with Gasteiger partial charge in [-0.25, -0.2) is 0 Å². The van der Waals surface area contributed by atoms with Gasteiger partial charge in [-0.3, -0.25) is 9.69 Å². The summed E-state index contributed by atoms with van der Waals surface area (Å²) in [5.74, 6) is 0.166. The highest BCUT2D eigenvalue weighted by Gasteiger charge is 2.48. The average molecular weight is 253 g/mol. The lowest BCUT2D eigenvalue weighted by molar-refractivity contribution is -0.135. The number of nitrogens with zero attached hydrogens (tertiary/aromatic N) is 2. The zero-order chi connectivity index (χ0) is 12.6. The van der Waals surface area contributed by atoms with Crippen molar-refractivity contribution in [2.75, 3.05) is 39.3 Å². The molecule has 3 fully saturated rings. The molecule has 2 N–H and O–H groups in total. The Morgan fingerprint density at radius 2 is 2.00 bits per heavy atom. The highest BCUT2D eigenvalue weighted by molar-refractivity contribution is 5.89. The summed E-state index contributed by atoms with van der Waals surface area (Å²) in [7, 11) is 0. The van der Waals surface area contributed by atoms with Crippen molar-refractivity contribution in [3.8, 4) is 0 Å². The van der Waals surface area contributed by atoms with Crippen LogP contribution < -0.4 is 5.73 Å². The molecule has 5 nitrogen and oxygen atoms in total. The molecule has 5 heteroatoms. The molecule has 1 amide bonds. The highest BCUT2D eigenvalue weighted by Crippen LogP contribution is 2.34. The minimum atomic E-state index is -0.503. The second-order valence-corrected chi connectivity index (χ2v) is 5.88. The van der Waals surface area contributed by atoms with Crippen LogP contribution in [0.15, 0.2) is 0 Å². The van der Waals surface area contributed by atoms with Crippen molar-refractivity contribution in [1.29, 1.82) is 0 Å². The molecule has 102 valence electrons. The van der Waals surface area contributed by atoms with Gasteiger partial charge in [0.15, 0.2) is 0 Å². The van der Waals surface area contributed by atoms with Crippen LogP contribution in [0, 0.1) is 0 Å². The molecule has 0 aromatic rings. The molecule has 2 aliphatic heterocycles. The number of hydrogen-bond donors (Lipinski definition) is 1. The molecule has 0 spiro atoms. The van der Waals surface area contributed by atoms with Crippen molar-refractivity contribution in [3.63, 3.8) is 0 Å². The number of piperazine rings is 1. The summed E-state index contributed by atoms with van der Waals surface area (Å²) >= 11 is 0.